The molecule has 1 atom stereocenters. The Kier molecular flexibility index (Phi) is 7.67. The Labute approximate surface area is 200 Å². The van der Waals surface area contributed by atoms with Crippen molar-refractivity contribution in [2.75, 3.05) is 13.7 Å². The number of hydrogen-bond acceptors (Lipinski definition) is 6. The molecule has 0 saturated carbocycles. The summed E-state index contributed by atoms with van der Waals surface area (Å²) in [7, 11) is 1.63. The second kappa shape index (κ2) is 11.0. The van der Waals surface area contributed by atoms with Crippen LogP contribution in [0.25, 0.3) is 5.69 Å². The summed E-state index contributed by atoms with van der Waals surface area (Å²) in [6, 6.07) is 21.3. The highest BCUT2D eigenvalue weighted by atomic mass is 16.5. The standard InChI is InChI=1S/C27H31N3O4/c1-4-22(31)17-29(18-23-13-10-16-33-23)19-24-20(2)28-30(21-11-6-5-7-12-21)27(24)34-26-15-9-8-14-25(26)32-3/h5-16,22,31H,4,17-19H2,1-3H3/t22-/m0/s1. The normalized spacial score (nSPS) is 12.1. The molecule has 2 aromatic heterocycles. The van der Waals surface area contributed by atoms with Gasteiger partial charge in [-0.15, -0.1) is 0 Å². The van der Waals surface area contributed by atoms with Crippen LogP contribution in [0.2, 0.25) is 0 Å². The van der Waals surface area contributed by atoms with Crippen LogP contribution in [0.5, 0.6) is 17.4 Å². The molecule has 0 aliphatic carbocycles. The zero-order valence-corrected chi connectivity index (χ0v) is 19.8. The molecule has 178 valence electrons. The number of hydrogen-bond donors (Lipinski definition) is 1. The first-order chi connectivity index (χ1) is 16.6. The molecule has 7 heteroatoms. The van der Waals surface area contributed by atoms with Gasteiger partial charge < -0.3 is 19.0 Å². The minimum absolute atomic E-state index is 0.446. The Balaban J connectivity index is 1.74. The number of ether oxygens (including phenoxy) is 2. The summed E-state index contributed by atoms with van der Waals surface area (Å²) in [5.74, 6) is 2.70. The van der Waals surface area contributed by atoms with Gasteiger partial charge in [-0.3, -0.25) is 4.90 Å². The molecule has 2 heterocycles. The zero-order chi connectivity index (χ0) is 23.9. The van der Waals surface area contributed by atoms with Crippen molar-refractivity contribution in [1.82, 2.24) is 14.7 Å². The van der Waals surface area contributed by atoms with Gasteiger partial charge in [0.2, 0.25) is 5.88 Å². The van der Waals surface area contributed by atoms with Gasteiger partial charge in [-0.1, -0.05) is 37.3 Å². The van der Waals surface area contributed by atoms with E-state index in [1.165, 1.54) is 0 Å². The minimum Gasteiger partial charge on any atom is -0.493 e. The number of nitrogens with zero attached hydrogens (tertiary/aromatic N) is 3. The summed E-state index contributed by atoms with van der Waals surface area (Å²) in [6.45, 7) is 5.55. The van der Waals surface area contributed by atoms with E-state index in [0.29, 0.717) is 43.4 Å². The van der Waals surface area contributed by atoms with Gasteiger partial charge in [0, 0.05) is 13.1 Å². The fourth-order valence-corrected chi connectivity index (χ4v) is 3.84. The first-order valence-corrected chi connectivity index (χ1v) is 11.5. The summed E-state index contributed by atoms with van der Waals surface area (Å²) in [5.41, 5.74) is 2.68. The molecule has 0 unspecified atom stereocenters. The second-order valence-electron chi connectivity index (χ2n) is 8.18. The van der Waals surface area contributed by atoms with Crippen molar-refractivity contribution in [1.29, 1.82) is 0 Å². The highest BCUT2D eigenvalue weighted by Gasteiger charge is 2.23. The molecule has 1 N–H and O–H groups in total. The van der Waals surface area contributed by atoms with Crippen LogP contribution < -0.4 is 9.47 Å². The maximum Gasteiger partial charge on any atom is 0.227 e. The third kappa shape index (κ3) is 5.50. The van der Waals surface area contributed by atoms with Gasteiger partial charge >= 0.3 is 0 Å². The van der Waals surface area contributed by atoms with Gasteiger partial charge in [0.25, 0.3) is 0 Å². The number of aryl methyl sites for hydroxylation is 1. The molecule has 0 fully saturated rings. The van der Waals surface area contributed by atoms with Crippen LogP contribution in [0.3, 0.4) is 0 Å². The molecule has 0 bridgehead atoms. The lowest BCUT2D eigenvalue weighted by Gasteiger charge is -2.24. The van der Waals surface area contributed by atoms with Crippen molar-refractivity contribution in [3.8, 4) is 23.1 Å². The van der Waals surface area contributed by atoms with E-state index >= 15 is 0 Å². The van der Waals surface area contributed by atoms with E-state index < -0.39 is 6.10 Å². The van der Waals surface area contributed by atoms with Gasteiger partial charge in [0.15, 0.2) is 11.5 Å². The van der Waals surface area contributed by atoms with Crippen LogP contribution >= 0.6 is 0 Å². The van der Waals surface area contributed by atoms with Gasteiger partial charge in [0.1, 0.15) is 5.76 Å². The summed E-state index contributed by atoms with van der Waals surface area (Å²) < 4.78 is 19.4. The fourth-order valence-electron chi connectivity index (χ4n) is 3.84. The highest BCUT2D eigenvalue weighted by Crippen LogP contribution is 2.36. The number of benzene rings is 2. The van der Waals surface area contributed by atoms with Crippen LogP contribution in [0, 0.1) is 6.92 Å². The van der Waals surface area contributed by atoms with Crippen LogP contribution in [0.1, 0.15) is 30.4 Å². The summed E-state index contributed by atoms with van der Waals surface area (Å²) in [5, 5.41) is 15.2. The summed E-state index contributed by atoms with van der Waals surface area (Å²) in [6.07, 6.45) is 1.89. The summed E-state index contributed by atoms with van der Waals surface area (Å²) >= 11 is 0. The Morgan fingerprint density at radius 1 is 1.00 bits per heavy atom. The number of methoxy groups -OCH3 is 1. The Bertz CT molecular complexity index is 1170. The van der Waals surface area contributed by atoms with E-state index in [1.54, 1.807) is 13.4 Å². The van der Waals surface area contributed by atoms with Gasteiger partial charge in [-0.2, -0.15) is 5.10 Å². The van der Waals surface area contributed by atoms with Crippen LogP contribution in [-0.4, -0.2) is 39.5 Å². The average molecular weight is 462 g/mol. The first-order valence-electron chi connectivity index (χ1n) is 11.5. The third-order valence-corrected chi connectivity index (χ3v) is 5.70. The topological polar surface area (TPSA) is 72.9 Å². The van der Waals surface area contributed by atoms with Crippen molar-refractivity contribution in [2.24, 2.45) is 0 Å². The van der Waals surface area contributed by atoms with Gasteiger partial charge in [-0.05, 0) is 49.7 Å². The van der Waals surface area contributed by atoms with Crippen LogP contribution in [0.15, 0.2) is 77.4 Å². The highest BCUT2D eigenvalue weighted by molar-refractivity contribution is 5.47. The third-order valence-electron chi connectivity index (χ3n) is 5.70. The van der Waals surface area contributed by atoms with E-state index in [-0.39, 0.29) is 0 Å². The maximum atomic E-state index is 10.4. The van der Waals surface area contributed by atoms with Gasteiger partial charge in [-0.25, -0.2) is 4.68 Å². The lowest BCUT2D eigenvalue weighted by atomic mass is 10.2. The molecule has 7 nitrogen and oxygen atoms in total. The van der Waals surface area contributed by atoms with Crippen molar-refractivity contribution in [3.63, 3.8) is 0 Å². The Morgan fingerprint density at radius 2 is 1.74 bits per heavy atom. The molecule has 4 rings (SSSR count). The number of aromatic nitrogens is 2. The molecular formula is C27H31N3O4. The molecule has 0 amide bonds. The summed E-state index contributed by atoms with van der Waals surface area (Å²) in [4.78, 5) is 2.15. The predicted molar refractivity (Wildman–Crippen MR) is 130 cm³/mol. The van der Waals surface area contributed by atoms with E-state index in [2.05, 4.69) is 4.90 Å². The molecule has 0 aliphatic heterocycles. The molecule has 0 aliphatic rings. The SMILES string of the molecule is CC[C@H](O)CN(Cc1ccco1)Cc1c(C)nn(-c2ccccc2)c1Oc1ccccc1OC. The number of aliphatic hydroxyl groups is 1. The van der Waals surface area contributed by atoms with Crippen LogP contribution in [-0.2, 0) is 13.1 Å². The lowest BCUT2D eigenvalue weighted by Crippen LogP contribution is -2.31. The lowest BCUT2D eigenvalue weighted by molar-refractivity contribution is 0.0968. The number of furan rings is 1. The molecule has 4 aromatic rings. The molecule has 34 heavy (non-hydrogen) atoms. The van der Waals surface area contributed by atoms with E-state index in [9.17, 15) is 5.11 Å². The van der Waals surface area contributed by atoms with E-state index in [0.717, 1.165) is 22.7 Å². The average Bonchev–Trinajstić information content (AvgIpc) is 3.48. The molecule has 2 aromatic carbocycles. The van der Waals surface area contributed by atoms with Crippen LogP contribution in [0.4, 0.5) is 0 Å². The molecule has 0 saturated heterocycles. The van der Waals surface area contributed by atoms with Crippen molar-refractivity contribution >= 4 is 0 Å². The number of para-hydroxylation sites is 3. The second-order valence-corrected chi connectivity index (χ2v) is 8.18. The van der Waals surface area contributed by atoms with Crippen molar-refractivity contribution < 1.29 is 19.0 Å². The monoisotopic (exact) mass is 461 g/mol. The molecule has 0 spiro atoms. The number of rotatable bonds is 11. The van der Waals surface area contributed by atoms with E-state index in [4.69, 9.17) is 19.0 Å². The van der Waals surface area contributed by atoms with Crippen molar-refractivity contribution in [2.45, 2.75) is 39.5 Å². The smallest absolute Gasteiger partial charge is 0.227 e. The fraction of sp³-hybridized carbons (Fsp3) is 0.296. The molecule has 0 radical (unpaired) electrons. The molecular weight excluding hydrogens is 430 g/mol. The Morgan fingerprint density at radius 3 is 2.41 bits per heavy atom. The maximum absolute atomic E-state index is 10.4. The largest absolute Gasteiger partial charge is 0.493 e. The van der Waals surface area contributed by atoms with Crippen molar-refractivity contribution in [3.05, 3.63) is 90.0 Å². The van der Waals surface area contributed by atoms with E-state index in [1.807, 2.05) is 85.3 Å². The number of aliphatic hydroxyl groups excluding tert-OH is 1. The van der Waals surface area contributed by atoms with Gasteiger partial charge in [0.05, 0.1) is 43.0 Å². The predicted octanol–water partition coefficient (Wildman–Crippen LogP) is 5.35. The Hall–Kier alpha value is -3.55. The minimum atomic E-state index is -0.446. The first kappa shape index (κ1) is 23.6. The zero-order valence-electron chi connectivity index (χ0n) is 19.8. The quantitative estimate of drug-likeness (QED) is 0.325.